The molecule has 7 nitrogen and oxygen atoms in total. The second-order valence-electron chi connectivity index (χ2n) is 8.13. The van der Waals surface area contributed by atoms with Crippen LogP contribution in [0.3, 0.4) is 0 Å². The third-order valence-corrected chi connectivity index (χ3v) is 6.53. The van der Waals surface area contributed by atoms with Crippen molar-refractivity contribution in [2.75, 3.05) is 20.3 Å². The summed E-state index contributed by atoms with van der Waals surface area (Å²) in [5.74, 6) is -1.18. The number of methoxy groups -OCH3 is 1. The predicted octanol–water partition coefficient (Wildman–Crippen LogP) is 2.91. The number of allylic oxidation sites excluding steroid dienone is 4. The second-order valence-corrected chi connectivity index (χ2v) is 8.54. The van der Waals surface area contributed by atoms with Crippen LogP contribution in [0.25, 0.3) is 0 Å². The van der Waals surface area contributed by atoms with Crippen molar-refractivity contribution in [3.05, 3.63) is 45.3 Å². The molecule has 4 rings (SSSR count). The summed E-state index contributed by atoms with van der Waals surface area (Å²) in [6.45, 7) is 1.86. The van der Waals surface area contributed by atoms with Crippen LogP contribution in [-0.4, -0.2) is 42.7 Å². The maximum absolute atomic E-state index is 13.2. The van der Waals surface area contributed by atoms with Crippen molar-refractivity contribution in [3.8, 4) is 11.5 Å². The Labute approximate surface area is 191 Å². The molecule has 170 valence electrons. The fraction of sp³-hybridized carbons (Fsp3) is 0.458. The molecule has 0 bridgehead atoms. The quantitative estimate of drug-likeness (QED) is 0.646. The number of rotatable bonds is 6. The van der Waals surface area contributed by atoms with Gasteiger partial charge in [-0.15, -0.1) is 0 Å². The number of carbonyl (C=O) groups excluding carboxylic acids is 3. The number of benzene rings is 1. The van der Waals surface area contributed by atoms with Crippen molar-refractivity contribution in [2.24, 2.45) is 0 Å². The van der Waals surface area contributed by atoms with Crippen molar-refractivity contribution < 1.29 is 29.0 Å². The van der Waals surface area contributed by atoms with Gasteiger partial charge in [0.15, 0.2) is 23.1 Å². The van der Waals surface area contributed by atoms with E-state index in [2.05, 4.69) is 0 Å². The van der Waals surface area contributed by atoms with Gasteiger partial charge in [-0.1, -0.05) is 11.6 Å². The minimum Gasteiger partial charge on any atom is -0.548 e. The number of ketones is 2. The van der Waals surface area contributed by atoms with Crippen LogP contribution in [0.1, 0.15) is 56.9 Å². The highest BCUT2D eigenvalue weighted by molar-refractivity contribution is 6.32. The van der Waals surface area contributed by atoms with Crippen LogP contribution >= 0.6 is 11.6 Å². The molecule has 0 radical (unpaired) electrons. The molecule has 0 saturated carbocycles. The zero-order valence-corrected chi connectivity index (χ0v) is 18.9. The Hall–Kier alpha value is -2.80. The first-order chi connectivity index (χ1) is 15.4. The van der Waals surface area contributed by atoms with Crippen LogP contribution in [0.5, 0.6) is 11.5 Å². The van der Waals surface area contributed by atoms with Crippen LogP contribution < -0.4 is 14.6 Å². The lowest BCUT2D eigenvalue weighted by molar-refractivity contribution is -0.305. The van der Waals surface area contributed by atoms with Crippen molar-refractivity contribution in [1.29, 1.82) is 0 Å². The van der Waals surface area contributed by atoms with Gasteiger partial charge in [-0.2, -0.15) is 0 Å². The van der Waals surface area contributed by atoms with Crippen molar-refractivity contribution >= 4 is 29.1 Å². The maximum Gasteiger partial charge on any atom is 0.179 e. The Balaban J connectivity index is 1.96. The minimum absolute atomic E-state index is 0.0755. The van der Waals surface area contributed by atoms with Gasteiger partial charge in [-0.3, -0.25) is 9.59 Å². The highest BCUT2D eigenvalue weighted by Gasteiger charge is 2.43. The Bertz CT molecular complexity index is 1010. The van der Waals surface area contributed by atoms with Crippen LogP contribution in [0, 0.1) is 0 Å². The first-order valence-corrected chi connectivity index (χ1v) is 11.2. The number of carboxylic acids is 1. The number of hydrogen-bond acceptors (Lipinski definition) is 7. The molecular weight excluding hydrogens is 434 g/mol. The van der Waals surface area contributed by atoms with E-state index in [1.807, 2.05) is 6.92 Å². The normalized spacial score (nSPS) is 19.2. The molecule has 8 heteroatoms. The zero-order chi connectivity index (χ0) is 23.0. The average molecular weight is 459 g/mol. The molecule has 0 amide bonds. The standard InChI is InChI=1S/C24H26ClNO6/c1-3-32-24-14(25)10-13(11-19(24)31-2)21-22-15(6-4-8-17(22)27)26(12-20(29)30)16-7-5-9-18(28)23(16)21/h10-11,21H,3-9,12H2,1-2H3,(H,29,30)/p-1. The smallest absolute Gasteiger partial charge is 0.179 e. The molecule has 0 unspecified atom stereocenters. The third-order valence-electron chi connectivity index (χ3n) is 6.25. The van der Waals surface area contributed by atoms with E-state index in [9.17, 15) is 19.5 Å². The van der Waals surface area contributed by atoms with Gasteiger partial charge in [0.25, 0.3) is 0 Å². The molecule has 0 saturated heterocycles. The van der Waals surface area contributed by atoms with Gasteiger partial charge in [-0.05, 0) is 50.3 Å². The van der Waals surface area contributed by atoms with E-state index in [1.54, 1.807) is 17.0 Å². The molecule has 1 heterocycles. The molecule has 0 spiro atoms. The molecule has 0 aromatic heterocycles. The van der Waals surface area contributed by atoms with E-state index in [1.165, 1.54) is 7.11 Å². The number of ether oxygens (including phenoxy) is 2. The highest BCUT2D eigenvalue weighted by Crippen LogP contribution is 2.51. The lowest BCUT2D eigenvalue weighted by Crippen LogP contribution is -2.44. The summed E-state index contributed by atoms with van der Waals surface area (Å²) >= 11 is 6.53. The van der Waals surface area contributed by atoms with Crippen LogP contribution in [0.15, 0.2) is 34.7 Å². The molecule has 0 fully saturated rings. The third kappa shape index (κ3) is 3.79. The summed E-state index contributed by atoms with van der Waals surface area (Å²) in [7, 11) is 1.51. The number of carbonyl (C=O) groups is 3. The van der Waals surface area contributed by atoms with E-state index in [0.717, 1.165) is 0 Å². The largest absolute Gasteiger partial charge is 0.548 e. The molecule has 1 aliphatic heterocycles. The number of carboxylic acid groups (broad SMARTS) is 1. The number of aliphatic carboxylic acids is 1. The topological polar surface area (TPSA) is 96.0 Å². The first-order valence-electron chi connectivity index (χ1n) is 10.9. The second kappa shape index (κ2) is 8.98. The van der Waals surface area contributed by atoms with Crippen LogP contribution in [-0.2, 0) is 14.4 Å². The Kier molecular flexibility index (Phi) is 6.29. The van der Waals surface area contributed by atoms with Crippen LogP contribution in [0.2, 0.25) is 5.02 Å². The number of hydrogen-bond donors (Lipinski definition) is 0. The van der Waals surface area contributed by atoms with Gasteiger partial charge in [0, 0.05) is 41.3 Å². The molecule has 0 N–H and O–H groups in total. The Morgan fingerprint density at radius 3 is 2.19 bits per heavy atom. The van der Waals surface area contributed by atoms with Gasteiger partial charge >= 0.3 is 0 Å². The Morgan fingerprint density at radius 1 is 1.09 bits per heavy atom. The van der Waals surface area contributed by atoms with Crippen molar-refractivity contribution in [1.82, 2.24) is 4.90 Å². The SMILES string of the molecule is CCOc1c(Cl)cc(C2C3=C(CCCC3=O)N(CC(=O)[O-])C3=C2C(=O)CCC3)cc1OC. The number of halogens is 1. The minimum atomic E-state index is -1.25. The number of Topliss-reactive ketones (excluding diaryl/α,β-unsaturated/α-hetero) is 2. The molecular formula is C24H25ClNO6-. The predicted molar refractivity (Wildman–Crippen MR) is 115 cm³/mol. The summed E-state index contributed by atoms with van der Waals surface area (Å²) in [6, 6.07) is 3.47. The van der Waals surface area contributed by atoms with E-state index < -0.39 is 11.9 Å². The van der Waals surface area contributed by atoms with E-state index in [-0.39, 0.29) is 18.1 Å². The summed E-state index contributed by atoms with van der Waals surface area (Å²) < 4.78 is 11.1. The average Bonchev–Trinajstić information content (AvgIpc) is 2.75. The van der Waals surface area contributed by atoms with Crippen LogP contribution in [0.4, 0.5) is 0 Å². The number of nitrogens with zero attached hydrogens (tertiary/aromatic N) is 1. The van der Waals surface area contributed by atoms with Gasteiger partial charge < -0.3 is 24.3 Å². The maximum atomic E-state index is 13.2. The fourth-order valence-corrected chi connectivity index (χ4v) is 5.33. The van der Waals surface area contributed by atoms with Gasteiger partial charge in [-0.25, -0.2) is 0 Å². The summed E-state index contributed by atoms with van der Waals surface area (Å²) in [6.07, 6.45) is 3.12. The molecule has 1 aromatic rings. The molecule has 2 aliphatic carbocycles. The summed E-state index contributed by atoms with van der Waals surface area (Å²) in [5, 5.41) is 11.9. The molecule has 1 aromatic carbocycles. The van der Waals surface area contributed by atoms with E-state index >= 15 is 0 Å². The van der Waals surface area contributed by atoms with E-state index in [0.29, 0.717) is 89.8 Å². The lowest BCUT2D eigenvalue weighted by Gasteiger charge is -2.44. The van der Waals surface area contributed by atoms with Crippen molar-refractivity contribution in [2.45, 2.75) is 51.4 Å². The van der Waals surface area contributed by atoms with Gasteiger partial charge in [0.1, 0.15) is 0 Å². The zero-order valence-electron chi connectivity index (χ0n) is 18.2. The first kappa shape index (κ1) is 22.4. The lowest BCUT2D eigenvalue weighted by atomic mass is 9.71. The summed E-state index contributed by atoms with van der Waals surface area (Å²) in [5.41, 5.74) is 2.97. The van der Waals surface area contributed by atoms with E-state index in [4.69, 9.17) is 21.1 Å². The molecule has 0 atom stereocenters. The van der Waals surface area contributed by atoms with Crippen molar-refractivity contribution in [3.63, 3.8) is 0 Å². The molecule has 3 aliphatic rings. The fourth-order valence-electron chi connectivity index (χ4n) is 5.06. The molecule has 32 heavy (non-hydrogen) atoms. The van der Waals surface area contributed by atoms with Gasteiger partial charge in [0.2, 0.25) is 0 Å². The monoisotopic (exact) mass is 458 g/mol. The summed E-state index contributed by atoms with van der Waals surface area (Å²) in [4.78, 5) is 39.5. The highest BCUT2D eigenvalue weighted by atomic mass is 35.5. The Morgan fingerprint density at radius 2 is 1.69 bits per heavy atom. The van der Waals surface area contributed by atoms with Gasteiger partial charge in [0.05, 0.1) is 31.3 Å².